The van der Waals surface area contributed by atoms with Crippen molar-refractivity contribution in [3.8, 4) is 5.75 Å². The molecule has 0 bridgehead atoms. The van der Waals surface area contributed by atoms with Gasteiger partial charge in [-0.15, -0.1) is 0 Å². The van der Waals surface area contributed by atoms with Gasteiger partial charge in [-0.05, 0) is 77.9 Å². The van der Waals surface area contributed by atoms with Gasteiger partial charge in [-0.2, -0.15) is 18.3 Å². The van der Waals surface area contributed by atoms with Crippen LogP contribution in [-0.4, -0.2) is 27.1 Å². The first kappa shape index (κ1) is 30.9. The molecule has 0 atom stereocenters. The van der Waals surface area contributed by atoms with Crippen molar-refractivity contribution in [1.29, 1.82) is 0 Å². The minimum absolute atomic E-state index is 0.219. The van der Waals surface area contributed by atoms with E-state index in [0.717, 1.165) is 17.7 Å². The number of nitrogens with zero attached hydrogens (tertiary/aromatic N) is 2. The fraction of sp³-hybridized carbons (Fsp3) is 0.103. The van der Waals surface area contributed by atoms with Gasteiger partial charge in [0.1, 0.15) is 18.9 Å². The number of halogens is 5. The highest BCUT2D eigenvalue weighted by atomic mass is 35.5. The molecule has 13 heteroatoms. The Bertz CT molecular complexity index is 1670. The van der Waals surface area contributed by atoms with Gasteiger partial charge in [0.2, 0.25) is 0 Å². The third kappa shape index (κ3) is 8.03. The molecular formula is C29H22Cl2F3N3O4S. The van der Waals surface area contributed by atoms with E-state index in [1.165, 1.54) is 30.5 Å². The van der Waals surface area contributed by atoms with E-state index >= 15 is 0 Å². The molecule has 4 aromatic carbocycles. The quantitative estimate of drug-likeness (QED) is 0.151. The Labute approximate surface area is 250 Å². The topological polar surface area (TPSA) is 88.1 Å². The van der Waals surface area contributed by atoms with Gasteiger partial charge in [0.15, 0.2) is 0 Å². The molecule has 0 aliphatic rings. The van der Waals surface area contributed by atoms with Gasteiger partial charge in [0, 0.05) is 5.02 Å². The molecule has 0 spiro atoms. The molecule has 0 unspecified atom stereocenters. The predicted octanol–water partition coefficient (Wildman–Crippen LogP) is 6.94. The van der Waals surface area contributed by atoms with E-state index in [1.807, 2.05) is 12.1 Å². The van der Waals surface area contributed by atoms with Crippen molar-refractivity contribution in [1.82, 2.24) is 5.43 Å². The number of ether oxygens (including phenoxy) is 1. The summed E-state index contributed by atoms with van der Waals surface area (Å²) in [6.07, 6.45) is -3.53. The first-order valence-electron chi connectivity index (χ1n) is 12.2. The van der Waals surface area contributed by atoms with Crippen LogP contribution in [-0.2, 0) is 27.6 Å². The number of sulfonamides is 1. The zero-order valence-electron chi connectivity index (χ0n) is 21.6. The van der Waals surface area contributed by atoms with Gasteiger partial charge in [0.05, 0.1) is 27.4 Å². The maximum Gasteiger partial charge on any atom is 0.417 e. The van der Waals surface area contributed by atoms with Gasteiger partial charge < -0.3 is 4.74 Å². The third-order valence-corrected chi connectivity index (χ3v) is 8.13. The second-order valence-electron chi connectivity index (χ2n) is 8.76. The Balaban J connectivity index is 1.46. The molecule has 0 aliphatic carbocycles. The maximum atomic E-state index is 13.5. The molecule has 0 radical (unpaired) electrons. The second kappa shape index (κ2) is 13.3. The summed E-state index contributed by atoms with van der Waals surface area (Å²) in [4.78, 5) is 12.5. The first-order valence-corrected chi connectivity index (χ1v) is 14.4. The molecule has 42 heavy (non-hydrogen) atoms. The number of anilines is 1. The lowest BCUT2D eigenvalue weighted by Crippen LogP contribution is -2.39. The largest absolute Gasteiger partial charge is 0.489 e. The summed E-state index contributed by atoms with van der Waals surface area (Å²) >= 11 is 11.6. The first-order chi connectivity index (χ1) is 19.9. The normalized spacial score (nSPS) is 11.8. The summed E-state index contributed by atoms with van der Waals surface area (Å²) < 4.78 is 73.5. The summed E-state index contributed by atoms with van der Waals surface area (Å²) in [5.74, 6) is -0.300. The highest BCUT2D eigenvalue weighted by molar-refractivity contribution is 7.92. The standard InChI is InChI=1S/C29H22Cl2F3N3O4S/c30-22-10-6-21(7-11-22)19-41-24-13-8-20(9-14-24)17-35-36-28(38)18-37(42(39,40)25-4-2-1-3-5-25)23-12-15-27(31)26(16-23)29(32,33)34/h1-17H,18-19H2,(H,36,38)/b35-17+. The number of alkyl halides is 3. The molecule has 4 rings (SSSR count). The van der Waals surface area contributed by atoms with Crippen LogP contribution >= 0.6 is 23.2 Å². The molecule has 7 nitrogen and oxygen atoms in total. The number of amides is 1. The SMILES string of the molecule is O=C(CN(c1ccc(Cl)c(C(F)(F)F)c1)S(=O)(=O)c1ccccc1)N/N=C/c1ccc(OCc2ccc(Cl)cc2)cc1. The van der Waals surface area contributed by atoms with Gasteiger partial charge >= 0.3 is 6.18 Å². The second-order valence-corrected chi connectivity index (χ2v) is 11.5. The van der Waals surface area contributed by atoms with Gasteiger partial charge in [0.25, 0.3) is 15.9 Å². The Hall–Kier alpha value is -4.06. The Morgan fingerprint density at radius 3 is 2.24 bits per heavy atom. The molecule has 4 aromatic rings. The number of carbonyl (C=O) groups is 1. The van der Waals surface area contributed by atoms with Crippen LogP contribution in [0.25, 0.3) is 0 Å². The van der Waals surface area contributed by atoms with Crippen LogP contribution in [0.4, 0.5) is 18.9 Å². The van der Waals surface area contributed by atoms with E-state index in [9.17, 15) is 26.4 Å². The van der Waals surface area contributed by atoms with Gasteiger partial charge in [-0.25, -0.2) is 13.8 Å². The molecule has 0 fully saturated rings. The summed E-state index contributed by atoms with van der Waals surface area (Å²) in [7, 11) is -4.44. The number of hydrogen-bond donors (Lipinski definition) is 1. The lowest BCUT2D eigenvalue weighted by Gasteiger charge is -2.24. The Kier molecular flexibility index (Phi) is 9.77. The smallest absolute Gasteiger partial charge is 0.417 e. The third-order valence-electron chi connectivity index (χ3n) is 5.76. The maximum absolute atomic E-state index is 13.5. The predicted molar refractivity (Wildman–Crippen MR) is 155 cm³/mol. The van der Waals surface area contributed by atoms with Crippen LogP contribution in [0.2, 0.25) is 10.0 Å². The summed E-state index contributed by atoms with van der Waals surface area (Å²) in [6.45, 7) is -0.522. The van der Waals surface area contributed by atoms with Crippen LogP contribution in [0.3, 0.4) is 0 Å². The summed E-state index contributed by atoms with van der Waals surface area (Å²) in [6, 6.07) is 23.6. The summed E-state index contributed by atoms with van der Waals surface area (Å²) in [5, 5.41) is 3.86. The molecule has 0 saturated carbocycles. The van der Waals surface area contributed by atoms with Crippen molar-refractivity contribution < 1.29 is 31.1 Å². The average Bonchev–Trinajstić information content (AvgIpc) is 2.96. The number of hydrogen-bond acceptors (Lipinski definition) is 5. The van der Waals surface area contributed by atoms with Gasteiger partial charge in [-0.3, -0.25) is 9.10 Å². The lowest BCUT2D eigenvalue weighted by molar-refractivity contribution is -0.137. The molecule has 218 valence electrons. The Morgan fingerprint density at radius 2 is 1.60 bits per heavy atom. The van der Waals surface area contributed by atoms with E-state index in [4.69, 9.17) is 27.9 Å². The monoisotopic (exact) mass is 635 g/mol. The van der Waals surface area contributed by atoms with Crippen LogP contribution in [0, 0.1) is 0 Å². The van der Waals surface area contributed by atoms with E-state index < -0.39 is 44.9 Å². The van der Waals surface area contributed by atoms with Crippen molar-refractivity contribution in [2.45, 2.75) is 17.7 Å². The fourth-order valence-corrected chi connectivity index (χ4v) is 5.45. The number of hydrazone groups is 1. The van der Waals surface area contributed by atoms with E-state index in [1.54, 1.807) is 42.5 Å². The number of rotatable bonds is 10. The molecule has 1 amide bonds. The van der Waals surface area contributed by atoms with Gasteiger partial charge in [-0.1, -0.05) is 53.5 Å². The minimum atomic E-state index is -4.85. The minimum Gasteiger partial charge on any atom is -0.489 e. The average molecular weight is 636 g/mol. The number of nitrogens with one attached hydrogen (secondary N) is 1. The van der Waals surface area contributed by atoms with Crippen LogP contribution in [0.1, 0.15) is 16.7 Å². The van der Waals surface area contributed by atoms with Crippen LogP contribution < -0.4 is 14.5 Å². The number of carbonyl (C=O) groups excluding carboxylic acids is 1. The zero-order valence-corrected chi connectivity index (χ0v) is 23.9. The van der Waals surface area contributed by atoms with Crippen molar-refractivity contribution in [3.05, 3.63) is 124 Å². The Morgan fingerprint density at radius 1 is 0.929 bits per heavy atom. The highest BCUT2D eigenvalue weighted by Gasteiger charge is 2.35. The molecule has 0 heterocycles. The molecule has 0 aliphatic heterocycles. The van der Waals surface area contributed by atoms with Crippen molar-refractivity contribution in [2.75, 3.05) is 10.8 Å². The van der Waals surface area contributed by atoms with Crippen LogP contribution in [0.15, 0.2) is 107 Å². The molecular weight excluding hydrogens is 614 g/mol. The molecule has 0 aromatic heterocycles. The molecule has 1 N–H and O–H groups in total. The van der Waals surface area contributed by atoms with Crippen LogP contribution in [0.5, 0.6) is 5.75 Å². The highest BCUT2D eigenvalue weighted by Crippen LogP contribution is 2.38. The van der Waals surface area contributed by atoms with Crippen molar-refractivity contribution in [2.24, 2.45) is 5.10 Å². The molecule has 0 saturated heterocycles. The summed E-state index contributed by atoms with van der Waals surface area (Å²) in [5.41, 5.74) is 2.10. The van der Waals surface area contributed by atoms with Crippen molar-refractivity contribution in [3.63, 3.8) is 0 Å². The van der Waals surface area contributed by atoms with E-state index in [0.29, 0.717) is 33.3 Å². The number of benzene rings is 4. The zero-order chi connectivity index (χ0) is 30.3. The van der Waals surface area contributed by atoms with E-state index in [2.05, 4.69) is 10.5 Å². The van der Waals surface area contributed by atoms with Crippen molar-refractivity contribution >= 4 is 51.0 Å². The fourth-order valence-electron chi connectivity index (χ4n) is 3.66. The van der Waals surface area contributed by atoms with E-state index in [-0.39, 0.29) is 4.90 Å². The lowest BCUT2D eigenvalue weighted by atomic mass is 10.2.